The Bertz CT molecular complexity index is 1330. The monoisotopic (exact) mass is 570 g/mol. The number of carbonyl (C=O) groups is 2. The van der Waals surface area contributed by atoms with Crippen LogP contribution in [-0.4, -0.2) is 48.2 Å². The molecule has 0 fully saturated rings. The van der Waals surface area contributed by atoms with Crippen molar-refractivity contribution in [1.29, 1.82) is 0 Å². The summed E-state index contributed by atoms with van der Waals surface area (Å²) in [6.07, 6.45) is -6.12. The Balaban J connectivity index is 0.000000856. The van der Waals surface area contributed by atoms with E-state index in [9.17, 15) is 31.2 Å². The molecule has 8 N–H and O–H groups in total. The molecule has 0 aliphatic heterocycles. The molecule has 2 atom stereocenters. The fourth-order valence-electron chi connectivity index (χ4n) is 2.66. The number of primary amides is 1. The minimum Gasteiger partial charge on any atom is -0.475 e. The standard InChI is InChI=1S/C17H21ClN6O5S.C2HF3O2/c1-9-3-8-13(23-30(27,28)12-6-4-11(18)5-7-12)16(26)24(9)14(15(19)25)10(2)29-22-17(20)21;3-2(4,5)1(6)7/h3-8,10,14,23H,1-2H3,(H2,19,25)(H4,20,21,22);(H,6,7). The third kappa shape index (κ3) is 8.87. The number of aryl methyl sites for hydroxylation is 1. The Hall–Kier alpha value is -3.99. The van der Waals surface area contributed by atoms with E-state index in [0.29, 0.717) is 10.7 Å². The maximum absolute atomic E-state index is 13.0. The third-order valence-corrected chi connectivity index (χ3v) is 5.90. The summed E-state index contributed by atoms with van der Waals surface area (Å²) >= 11 is 5.78. The molecular formula is C19H22ClF3N6O7S. The summed E-state index contributed by atoms with van der Waals surface area (Å²) in [5.41, 5.74) is 15.1. The number of alkyl halides is 3. The molecule has 204 valence electrons. The second kappa shape index (κ2) is 12.3. The van der Waals surface area contributed by atoms with Gasteiger partial charge in [0.2, 0.25) is 11.9 Å². The number of nitrogens with two attached hydrogens (primary N) is 3. The number of rotatable bonds is 8. The number of pyridine rings is 1. The lowest BCUT2D eigenvalue weighted by molar-refractivity contribution is -0.192. The van der Waals surface area contributed by atoms with Gasteiger partial charge in [-0.15, -0.1) is 0 Å². The van der Waals surface area contributed by atoms with Gasteiger partial charge in [0.15, 0.2) is 12.1 Å². The predicted octanol–water partition coefficient (Wildman–Crippen LogP) is 0.864. The fourth-order valence-corrected chi connectivity index (χ4v) is 3.84. The molecule has 13 nitrogen and oxygen atoms in total. The van der Waals surface area contributed by atoms with E-state index in [2.05, 4.69) is 9.88 Å². The lowest BCUT2D eigenvalue weighted by Gasteiger charge is -2.24. The molecule has 2 aromatic rings. The van der Waals surface area contributed by atoms with Crippen LogP contribution in [0.15, 0.2) is 51.2 Å². The number of sulfonamides is 1. The molecule has 1 heterocycles. The van der Waals surface area contributed by atoms with Crippen molar-refractivity contribution < 1.29 is 41.1 Å². The molecular weight excluding hydrogens is 549 g/mol. The van der Waals surface area contributed by atoms with Gasteiger partial charge in [-0.3, -0.25) is 18.9 Å². The first-order chi connectivity index (χ1) is 16.9. The number of nitrogens with one attached hydrogen (secondary N) is 1. The molecule has 1 aromatic carbocycles. The van der Waals surface area contributed by atoms with E-state index < -0.39 is 51.7 Å². The van der Waals surface area contributed by atoms with E-state index in [-0.39, 0.29) is 10.6 Å². The number of halogens is 4. The summed E-state index contributed by atoms with van der Waals surface area (Å²) in [5.74, 6) is -4.05. The van der Waals surface area contributed by atoms with E-state index in [1.807, 2.05) is 0 Å². The van der Waals surface area contributed by atoms with Gasteiger partial charge in [-0.2, -0.15) is 13.2 Å². The zero-order valence-corrected chi connectivity index (χ0v) is 20.6. The molecule has 0 aliphatic rings. The highest BCUT2D eigenvalue weighted by molar-refractivity contribution is 7.92. The number of nitrogens with zero attached hydrogens (tertiary/aromatic N) is 2. The number of guanidine groups is 1. The van der Waals surface area contributed by atoms with Gasteiger partial charge in [0.25, 0.3) is 15.6 Å². The molecule has 0 saturated carbocycles. The van der Waals surface area contributed by atoms with Gasteiger partial charge < -0.3 is 27.1 Å². The number of anilines is 1. The Morgan fingerprint density at radius 1 is 1.14 bits per heavy atom. The summed E-state index contributed by atoms with van der Waals surface area (Å²) < 4.78 is 60.2. The molecule has 2 rings (SSSR count). The Labute approximate surface area is 212 Å². The number of hydrogen-bond acceptors (Lipinski definition) is 7. The van der Waals surface area contributed by atoms with Crippen molar-refractivity contribution in [2.24, 2.45) is 22.4 Å². The average molecular weight is 571 g/mol. The van der Waals surface area contributed by atoms with E-state index in [0.717, 1.165) is 4.57 Å². The minimum atomic E-state index is -5.08. The van der Waals surface area contributed by atoms with Gasteiger partial charge in [-0.05, 0) is 55.4 Å². The van der Waals surface area contributed by atoms with Crippen LogP contribution in [0.4, 0.5) is 18.9 Å². The number of carbonyl (C=O) groups excluding carboxylic acids is 1. The van der Waals surface area contributed by atoms with Crippen molar-refractivity contribution in [3.8, 4) is 0 Å². The van der Waals surface area contributed by atoms with Crippen molar-refractivity contribution in [2.75, 3.05) is 4.72 Å². The topological polar surface area (TPSA) is 222 Å². The second-order valence-corrected chi connectivity index (χ2v) is 9.22. The molecule has 0 saturated heterocycles. The minimum absolute atomic E-state index is 0.102. The van der Waals surface area contributed by atoms with Crippen LogP contribution < -0.4 is 27.5 Å². The number of aromatic nitrogens is 1. The number of amides is 1. The van der Waals surface area contributed by atoms with Crippen LogP contribution in [-0.2, 0) is 24.4 Å². The molecule has 1 aromatic heterocycles. The molecule has 0 aliphatic carbocycles. The summed E-state index contributed by atoms with van der Waals surface area (Å²) in [7, 11) is -4.09. The molecule has 37 heavy (non-hydrogen) atoms. The maximum atomic E-state index is 13.0. The van der Waals surface area contributed by atoms with E-state index in [1.54, 1.807) is 6.92 Å². The Morgan fingerprint density at radius 2 is 1.65 bits per heavy atom. The van der Waals surface area contributed by atoms with Crippen molar-refractivity contribution >= 4 is 45.1 Å². The third-order valence-electron chi connectivity index (χ3n) is 4.27. The molecule has 0 radical (unpaired) electrons. The lowest BCUT2D eigenvalue weighted by atomic mass is 10.1. The molecule has 0 bridgehead atoms. The van der Waals surface area contributed by atoms with Crippen LogP contribution in [0.3, 0.4) is 0 Å². The molecule has 1 amide bonds. The van der Waals surface area contributed by atoms with Gasteiger partial charge in [-0.1, -0.05) is 11.6 Å². The Morgan fingerprint density at radius 3 is 2.08 bits per heavy atom. The fraction of sp³-hybridized carbons (Fsp3) is 0.263. The number of aliphatic carboxylic acids is 1. The Kier molecular flexibility index (Phi) is 10.3. The number of benzene rings is 1. The second-order valence-electron chi connectivity index (χ2n) is 7.10. The van der Waals surface area contributed by atoms with Crippen LogP contribution in [0.25, 0.3) is 0 Å². The first-order valence-corrected chi connectivity index (χ1v) is 11.6. The smallest absolute Gasteiger partial charge is 0.475 e. The maximum Gasteiger partial charge on any atom is 0.490 e. The van der Waals surface area contributed by atoms with Crippen molar-refractivity contribution in [2.45, 2.75) is 37.1 Å². The summed E-state index contributed by atoms with van der Waals surface area (Å²) in [6, 6.07) is 6.78. The van der Waals surface area contributed by atoms with Gasteiger partial charge in [0.05, 0.1) is 4.90 Å². The van der Waals surface area contributed by atoms with Gasteiger partial charge in [0, 0.05) is 10.7 Å². The van der Waals surface area contributed by atoms with Crippen molar-refractivity contribution in [1.82, 2.24) is 4.57 Å². The van der Waals surface area contributed by atoms with Gasteiger partial charge in [-0.25, -0.2) is 13.2 Å². The highest BCUT2D eigenvalue weighted by atomic mass is 35.5. The van der Waals surface area contributed by atoms with Crippen LogP contribution in [0.2, 0.25) is 5.02 Å². The first-order valence-electron chi connectivity index (χ1n) is 9.73. The normalized spacial score (nSPS) is 12.8. The van der Waals surface area contributed by atoms with E-state index in [4.69, 9.17) is 43.5 Å². The van der Waals surface area contributed by atoms with Gasteiger partial charge >= 0.3 is 12.1 Å². The average Bonchev–Trinajstić information content (AvgIpc) is 2.76. The first kappa shape index (κ1) is 31.0. The molecule has 2 unspecified atom stereocenters. The van der Waals surface area contributed by atoms with Crippen molar-refractivity contribution in [3.63, 3.8) is 0 Å². The summed E-state index contributed by atoms with van der Waals surface area (Å²) in [5, 5.41) is 10.8. The molecule has 18 heteroatoms. The summed E-state index contributed by atoms with van der Waals surface area (Å²) in [4.78, 5) is 38.9. The van der Waals surface area contributed by atoms with Crippen LogP contribution in [0.5, 0.6) is 0 Å². The van der Waals surface area contributed by atoms with E-state index >= 15 is 0 Å². The van der Waals surface area contributed by atoms with E-state index in [1.165, 1.54) is 43.3 Å². The highest BCUT2D eigenvalue weighted by Crippen LogP contribution is 2.20. The van der Waals surface area contributed by atoms with Crippen LogP contribution >= 0.6 is 11.6 Å². The van der Waals surface area contributed by atoms with Crippen LogP contribution in [0.1, 0.15) is 18.7 Å². The molecule has 0 spiro atoms. The van der Waals surface area contributed by atoms with Crippen LogP contribution in [0, 0.1) is 6.92 Å². The lowest BCUT2D eigenvalue weighted by Crippen LogP contribution is -2.42. The summed E-state index contributed by atoms with van der Waals surface area (Å²) in [6.45, 7) is 2.97. The van der Waals surface area contributed by atoms with Gasteiger partial charge in [0.1, 0.15) is 5.69 Å². The number of carboxylic acids is 1. The number of hydrogen-bond donors (Lipinski definition) is 5. The number of carboxylic acid groups (broad SMARTS) is 1. The predicted molar refractivity (Wildman–Crippen MR) is 126 cm³/mol. The largest absolute Gasteiger partial charge is 0.490 e. The SMILES string of the molecule is Cc1ccc(NS(=O)(=O)c2ccc(Cl)cc2)c(=O)n1C(C(N)=O)C(C)ON=C(N)N.O=C(O)C(F)(F)F. The zero-order chi connectivity index (χ0) is 28.7. The quantitative estimate of drug-likeness (QED) is 0.172. The zero-order valence-electron chi connectivity index (χ0n) is 19.1. The highest BCUT2D eigenvalue weighted by Gasteiger charge is 2.38. The van der Waals surface area contributed by atoms with Crippen molar-refractivity contribution in [3.05, 3.63) is 57.5 Å². The number of oxime groups is 1.